The second-order valence-corrected chi connectivity index (χ2v) is 5.40. The van der Waals surface area contributed by atoms with Gasteiger partial charge in [0.25, 0.3) is 0 Å². The van der Waals surface area contributed by atoms with Crippen LogP contribution in [0.1, 0.15) is 25.7 Å². The Morgan fingerprint density at radius 1 is 1.29 bits per heavy atom. The first-order chi connectivity index (χ1) is 8.36. The third-order valence-corrected chi connectivity index (χ3v) is 3.91. The van der Waals surface area contributed by atoms with Crippen LogP contribution in [0.15, 0.2) is 35.2 Å². The minimum absolute atomic E-state index is 0.125. The predicted octanol–water partition coefficient (Wildman–Crippen LogP) is 3.31. The molecule has 1 aromatic carbocycles. The number of rotatable bonds is 5. The van der Waals surface area contributed by atoms with Gasteiger partial charge in [-0.2, -0.15) is 0 Å². The van der Waals surface area contributed by atoms with Gasteiger partial charge in [-0.25, -0.2) is 0 Å². The SMILES string of the molecule is O=C(CCSc1ccccc1)C1CCCCO1. The van der Waals surface area contributed by atoms with Crippen LogP contribution in [0.25, 0.3) is 0 Å². The Labute approximate surface area is 107 Å². The van der Waals surface area contributed by atoms with Gasteiger partial charge in [-0.3, -0.25) is 4.79 Å². The van der Waals surface area contributed by atoms with E-state index in [0.29, 0.717) is 6.42 Å². The van der Waals surface area contributed by atoms with Gasteiger partial charge in [0.1, 0.15) is 6.10 Å². The molecule has 0 aromatic heterocycles. The number of thioether (sulfide) groups is 1. The molecular weight excluding hydrogens is 232 g/mol. The Hall–Kier alpha value is -0.800. The van der Waals surface area contributed by atoms with E-state index < -0.39 is 0 Å². The largest absolute Gasteiger partial charge is 0.370 e. The van der Waals surface area contributed by atoms with E-state index in [0.717, 1.165) is 31.6 Å². The van der Waals surface area contributed by atoms with Crippen molar-refractivity contribution in [2.45, 2.75) is 36.7 Å². The van der Waals surface area contributed by atoms with E-state index in [1.165, 1.54) is 4.90 Å². The van der Waals surface area contributed by atoms with Crippen molar-refractivity contribution in [2.75, 3.05) is 12.4 Å². The number of carbonyl (C=O) groups excluding carboxylic acids is 1. The van der Waals surface area contributed by atoms with Crippen LogP contribution in [0.2, 0.25) is 0 Å². The Morgan fingerprint density at radius 2 is 2.12 bits per heavy atom. The molecule has 17 heavy (non-hydrogen) atoms. The Kier molecular flexibility index (Phi) is 5.08. The van der Waals surface area contributed by atoms with Gasteiger partial charge in [-0.1, -0.05) is 18.2 Å². The maximum atomic E-state index is 11.8. The first-order valence-corrected chi connectivity index (χ1v) is 7.17. The number of carbonyl (C=O) groups is 1. The summed E-state index contributed by atoms with van der Waals surface area (Å²) in [4.78, 5) is 13.1. The van der Waals surface area contributed by atoms with Crippen LogP contribution in [0.5, 0.6) is 0 Å². The Bertz CT molecular complexity index is 344. The molecule has 1 saturated heterocycles. The van der Waals surface area contributed by atoms with Crippen LogP contribution in [-0.4, -0.2) is 24.2 Å². The molecule has 2 nitrogen and oxygen atoms in total. The zero-order chi connectivity index (χ0) is 11.9. The average Bonchev–Trinajstić information content (AvgIpc) is 2.41. The molecule has 1 aliphatic heterocycles. The third kappa shape index (κ3) is 4.17. The number of benzene rings is 1. The molecule has 2 rings (SSSR count). The summed E-state index contributed by atoms with van der Waals surface area (Å²) < 4.78 is 5.48. The molecule has 0 spiro atoms. The van der Waals surface area contributed by atoms with Gasteiger partial charge in [0.2, 0.25) is 0 Å². The van der Waals surface area contributed by atoms with Crippen molar-refractivity contribution in [1.82, 2.24) is 0 Å². The molecule has 0 radical (unpaired) electrons. The van der Waals surface area contributed by atoms with Crippen LogP contribution >= 0.6 is 11.8 Å². The Balaban J connectivity index is 1.69. The van der Waals surface area contributed by atoms with E-state index in [-0.39, 0.29) is 11.9 Å². The average molecular weight is 250 g/mol. The summed E-state index contributed by atoms with van der Waals surface area (Å²) in [5, 5.41) is 0. The highest BCUT2D eigenvalue weighted by atomic mass is 32.2. The molecule has 92 valence electrons. The lowest BCUT2D eigenvalue weighted by Crippen LogP contribution is -2.28. The number of Topliss-reactive ketones (excluding diaryl/α,β-unsaturated/α-hetero) is 1. The monoisotopic (exact) mass is 250 g/mol. The molecule has 1 aliphatic rings. The van der Waals surface area contributed by atoms with Crippen LogP contribution in [0, 0.1) is 0 Å². The Morgan fingerprint density at radius 3 is 2.82 bits per heavy atom. The standard InChI is InChI=1S/C14H18O2S/c15-13(14-8-4-5-10-16-14)9-11-17-12-6-2-1-3-7-12/h1-3,6-7,14H,4-5,8-11H2. The summed E-state index contributed by atoms with van der Waals surface area (Å²) in [7, 11) is 0. The molecule has 1 fully saturated rings. The zero-order valence-corrected chi connectivity index (χ0v) is 10.7. The lowest BCUT2D eigenvalue weighted by molar-refractivity contribution is -0.132. The van der Waals surface area contributed by atoms with E-state index in [4.69, 9.17) is 4.74 Å². The fourth-order valence-corrected chi connectivity index (χ4v) is 2.83. The molecule has 1 aromatic rings. The van der Waals surface area contributed by atoms with Crippen molar-refractivity contribution in [2.24, 2.45) is 0 Å². The molecule has 0 N–H and O–H groups in total. The van der Waals surface area contributed by atoms with Gasteiger partial charge in [0, 0.05) is 23.7 Å². The number of ether oxygens (including phenoxy) is 1. The van der Waals surface area contributed by atoms with E-state index >= 15 is 0 Å². The highest BCUT2D eigenvalue weighted by Crippen LogP contribution is 2.20. The quantitative estimate of drug-likeness (QED) is 0.750. The van der Waals surface area contributed by atoms with Gasteiger partial charge >= 0.3 is 0 Å². The van der Waals surface area contributed by atoms with Gasteiger partial charge in [0.05, 0.1) is 0 Å². The van der Waals surface area contributed by atoms with E-state index in [2.05, 4.69) is 12.1 Å². The van der Waals surface area contributed by atoms with Gasteiger partial charge in [-0.05, 0) is 31.4 Å². The fourth-order valence-electron chi connectivity index (χ4n) is 1.94. The first kappa shape index (κ1) is 12.7. The van der Waals surface area contributed by atoms with Gasteiger partial charge in [0.15, 0.2) is 5.78 Å². The van der Waals surface area contributed by atoms with E-state index in [1.54, 1.807) is 11.8 Å². The molecule has 1 heterocycles. The van der Waals surface area contributed by atoms with Crippen molar-refractivity contribution >= 4 is 17.5 Å². The molecule has 3 heteroatoms. The number of ketones is 1. The lowest BCUT2D eigenvalue weighted by Gasteiger charge is -2.21. The molecular formula is C14H18O2S. The molecule has 0 aliphatic carbocycles. The summed E-state index contributed by atoms with van der Waals surface area (Å²) in [6.45, 7) is 0.752. The topological polar surface area (TPSA) is 26.3 Å². The predicted molar refractivity (Wildman–Crippen MR) is 70.4 cm³/mol. The van der Waals surface area contributed by atoms with Crippen LogP contribution in [0.4, 0.5) is 0 Å². The van der Waals surface area contributed by atoms with Crippen LogP contribution < -0.4 is 0 Å². The molecule has 0 saturated carbocycles. The van der Waals surface area contributed by atoms with Crippen LogP contribution in [0.3, 0.4) is 0 Å². The van der Waals surface area contributed by atoms with E-state index in [1.807, 2.05) is 18.2 Å². The highest BCUT2D eigenvalue weighted by molar-refractivity contribution is 7.99. The second kappa shape index (κ2) is 6.82. The van der Waals surface area contributed by atoms with Crippen molar-refractivity contribution < 1.29 is 9.53 Å². The lowest BCUT2D eigenvalue weighted by atomic mass is 10.0. The summed E-state index contributed by atoms with van der Waals surface area (Å²) in [6, 6.07) is 10.2. The van der Waals surface area contributed by atoms with Crippen molar-refractivity contribution in [3.8, 4) is 0 Å². The summed E-state index contributed by atoms with van der Waals surface area (Å²) in [5.41, 5.74) is 0. The van der Waals surface area contributed by atoms with Gasteiger partial charge in [-0.15, -0.1) is 11.8 Å². The molecule has 1 unspecified atom stereocenters. The van der Waals surface area contributed by atoms with Crippen LogP contribution in [-0.2, 0) is 9.53 Å². The molecule has 0 bridgehead atoms. The molecule has 0 amide bonds. The maximum Gasteiger partial charge on any atom is 0.162 e. The normalized spacial score (nSPS) is 20.1. The van der Waals surface area contributed by atoms with Crippen molar-refractivity contribution in [1.29, 1.82) is 0 Å². The summed E-state index contributed by atoms with van der Waals surface area (Å²) in [5.74, 6) is 1.12. The van der Waals surface area contributed by atoms with Gasteiger partial charge < -0.3 is 4.74 Å². The summed E-state index contributed by atoms with van der Waals surface area (Å²) >= 11 is 1.74. The first-order valence-electron chi connectivity index (χ1n) is 6.18. The highest BCUT2D eigenvalue weighted by Gasteiger charge is 2.21. The number of hydrogen-bond acceptors (Lipinski definition) is 3. The number of hydrogen-bond donors (Lipinski definition) is 0. The van der Waals surface area contributed by atoms with Crippen molar-refractivity contribution in [3.05, 3.63) is 30.3 Å². The van der Waals surface area contributed by atoms with Crippen molar-refractivity contribution in [3.63, 3.8) is 0 Å². The minimum atomic E-state index is -0.125. The summed E-state index contributed by atoms with van der Waals surface area (Å²) in [6.07, 6.45) is 3.63. The smallest absolute Gasteiger partial charge is 0.162 e. The molecule has 1 atom stereocenters. The maximum absolute atomic E-state index is 11.8. The fraction of sp³-hybridized carbons (Fsp3) is 0.500. The third-order valence-electron chi connectivity index (χ3n) is 2.90. The van der Waals surface area contributed by atoms with E-state index in [9.17, 15) is 4.79 Å². The second-order valence-electron chi connectivity index (χ2n) is 4.23. The minimum Gasteiger partial charge on any atom is -0.370 e. The zero-order valence-electron chi connectivity index (χ0n) is 9.93.